The quantitative estimate of drug-likeness (QED) is 0.0907. The first-order valence-corrected chi connectivity index (χ1v) is 17.6. The van der Waals surface area contributed by atoms with Crippen molar-refractivity contribution in [3.05, 3.63) is 197 Å². The lowest BCUT2D eigenvalue weighted by molar-refractivity contribution is 0.101. The van der Waals surface area contributed by atoms with Crippen molar-refractivity contribution in [3.63, 3.8) is 0 Å². The summed E-state index contributed by atoms with van der Waals surface area (Å²) in [7, 11) is 3.98. The third-order valence-corrected chi connectivity index (χ3v) is 8.61. The molecule has 0 aliphatic carbocycles. The fourth-order valence-electron chi connectivity index (χ4n) is 5.80. The molecule has 0 radical (unpaired) electrons. The van der Waals surface area contributed by atoms with Crippen molar-refractivity contribution in [1.82, 2.24) is 0 Å². The molecule has 0 aromatic heterocycles. The second kappa shape index (κ2) is 17.5. The molecule has 6 aromatic rings. The van der Waals surface area contributed by atoms with E-state index in [0.717, 1.165) is 22.4 Å². The number of carbonyl (C=O) groups excluding carboxylic acids is 4. The molecule has 55 heavy (non-hydrogen) atoms. The average molecular weight is 726 g/mol. The minimum Gasteiger partial charge on any atom is -0.457 e. The monoisotopic (exact) mass is 725 g/mol. The van der Waals surface area contributed by atoms with E-state index in [-0.39, 0.29) is 23.4 Å². The number of ether oxygens (including phenoxy) is 1. The molecule has 8 heteroatoms. The molecule has 0 saturated heterocycles. The summed E-state index contributed by atoms with van der Waals surface area (Å²) < 4.78 is 6.00. The van der Waals surface area contributed by atoms with E-state index < -0.39 is 0 Å². The van der Waals surface area contributed by atoms with Gasteiger partial charge in [0.15, 0.2) is 11.6 Å². The van der Waals surface area contributed by atoms with E-state index in [1.807, 2.05) is 74.4 Å². The molecule has 8 nitrogen and oxygen atoms in total. The van der Waals surface area contributed by atoms with E-state index in [4.69, 9.17) is 4.74 Å². The second-order valence-electron chi connectivity index (χ2n) is 13.0. The molecule has 6 aromatic carbocycles. The van der Waals surface area contributed by atoms with Crippen LogP contribution >= 0.6 is 0 Å². The molecule has 2 amide bonds. The van der Waals surface area contributed by atoms with Crippen LogP contribution in [-0.2, 0) is 0 Å². The first-order chi connectivity index (χ1) is 26.6. The van der Waals surface area contributed by atoms with Gasteiger partial charge in [-0.25, -0.2) is 0 Å². The second-order valence-corrected chi connectivity index (χ2v) is 13.0. The first-order valence-electron chi connectivity index (χ1n) is 17.6. The van der Waals surface area contributed by atoms with Gasteiger partial charge in [-0.1, -0.05) is 78.9 Å². The minimum absolute atomic E-state index is 0.175. The lowest BCUT2D eigenvalue weighted by Gasteiger charge is -2.15. The van der Waals surface area contributed by atoms with Gasteiger partial charge in [-0.15, -0.1) is 0 Å². The average Bonchev–Trinajstić information content (AvgIpc) is 3.20. The zero-order chi connectivity index (χ0) is 38.7. The van der Waals surface area contributed by atoms with Crippen LogP contribution in [0, 0.1) is 6.92 Å². The largest absolute Gasteiger partial charge is 0.457 e. The van der Waals surface area contributed by atoms with E-state index in [9.17, 15) is 19.2 Å². The highest BCUT2D eigenvalue weighted by Gasteiger charge is 2.12. The summed E-state index contributed by atoms with van der Waals surface area (Å²) in [5.74, 6) is -0.178. The van der Waals surface area contributed by atoms with Crippen molar-refractivity contribution in [2.45, 2.75) is 6.92 Å². The summed E-state index contributed by atoms with van der Waals surface area (Å²) in [6, 6.07) is 42.4. The van der Waals surface area contributed by atoms with E-state index in [2.05, 4.69) is 10.6 Å². The molecule has 0 aliphatic heterocycles. The topological polar surface area (TPSA) is 105 Å². The summed E-state index contributed by atoms with van der Waals surface area (Å²) in [5.41, 5.74) is 6.69. The molecule has 6 rings (SSSR count). The minimum atomic E-state index is -0.368. The molecule has 0 unspecified atom stereocenters. The summed E-state index contributed by atoms with van der Waals surface area (Å²) in [4.78, 5) is 54.0. The number of nitrogens with one attached hydrogen (secondary N) is 2. The summed E-state index contributed by atoms with van der Waals surface area (Å²) in [6.07, 6.45) is 6.57. The molecule has 0 heterocycles. The van der Waals surface area contributed by atoms with Crippen LogP contribution in [0.2, 0.25) is 0 Å². The summed E-state index contributed by atoms with van der Waals surface area (Å²) in [6.45, 7) is 2.03. The molecule has 0 saturated carbocycles. The number of amides is 2. The Balaban J connectivity index is 1.04. The molecular weight excluding hydrogens is 687 g/mol. The van der Waals surface area contributed by atoms with Crippen molar-refractivity contribution in [1.29, 1.82) is 0 Å². The Morgan fingerprint density at radius 1 is 0.509 bits per heavy atom. The molecular formula is C47H39N3O5. The van der Waals surface area contributed by atoms with Gasteiger partial charge < -0.3 is 20.3 Å². The fourth-order valence-corrected chi connectivity index (χ4v) is 5.80. The molecule has 0 atom stereocenters. The van der Waals surface area contributed by atoms with Crippen molar-refractivity contribution < 1.29 is 23.9 Å². The Kier molecular flexibility index (Phi) is 11.9. The predicted molar refractivity (Wildman–Crippen MR) is 220 cm³/mol. The normalized spacial score (nSPS) is 11.0. The molecule has 2 N–H and O–H groups in total. The van der Waals surface area contributed by atoms with Crippen molar-refractivity contribution >= 4 is 52.6 Å². The van der Waals surface area contributed by atoms with Crippen LogP contribution in [0.15, 0.2) is 158 Å². The van der Waals surface area contributed by atoms with Gasteiger partial charge in [0.05, 0.1) is 0 Å². The Labute approximate surface area is 320 Å². The number of rotatable bonds is 13. The maximum atomic E-state index is 13.2. The predicted octanol–water partition coefficient (Wildman–Crippen LogP) is 10.2. The fraction of sp³-hybridized carbons (Fsp3) is 0.0638. The smallest absolute Gasteiger partial charge is 0.255 e. The molecule has 0 aliphatic rings. The third-order valence-electron chi connectivity index (χ3n) is 8.61. The van der Waals surface area contributed by atoms with Gasteiger partial charge in [0.25, 0.3) is 11.8 Å². The van der Waals surface area contributed by atoms with Crippen LogP contribution in [0.1, 0.15) is 58.1 Å². The van der Waals surface area contributed by atoms with Crippen LogP contribution in [-0.4, -0.2) is 37.5 Å². The van der Waals surface area contributed by atoms with Gasteiger partial charge in [-0.05, 0) is 115 Å². The molecule has 272 valence electrons. The number of aryl methyl sites for hydroxylation is 1. The van der Waals surface area contributed by atoms with Crippen molar-refractivity contribution in [2.75, 3.05) is 29.6 Å². The van der Waals surface area contributed by atoms with Crippen molar-refractivity contribution in [3.8, 4) is 11.5 Å². The van der Waals surface area contributed by atoms with Gasteiger partial charge in [-0.2, -0.15) is 0 Å². The van der Waals surface area contributed by atoms with Crippen LogP contribution in [0.25, 0.3) is 12.2 Å². The lowest BCUT2D eigenvalue weighted by Crippen LogP contribution is -2.12. The Morgan fingerprint density at radius 3 is 1.67 bits per heavy atom. The van der Waals surface area contributed by atoms with Crippen LogP contribution in [0.4, 0.5) is 17.1 Å². The zero-order valence-electron chi connectivity index (χ0n) is 30.7. The molecule has 0 spiro atoms. The van der Waals surface area contributed by atoms with Gasteiger partial charge in [-0.3, -0.25) is 19.2 Å². The van der Waals surface area contributed by atoms with Crippen LogP contribution in [0.3, 0.4) is 0 Å². The van der Waals surface area contributed by atoms with Gasteiger partial charge in [0.1, 0.15) is 11.5 Å². The standard InChI is InChI=1S/C47H39N3O5/c1-32-28-34(18-25-43(32)50(2)3)20-27-45(52)37-13-8-16-40(30-37)49-47(54)38-14-9-17-42(31-38)55-41-23-21-35(22-24-41)46(53)48-39-15-7-12-36(29-39)44(51)26-19-33-10-5-4-6-11-33/h4-31H,1-3H3,(H,48,53)(H,49,54)/b26-19+,27-20+. The Bertz CT molecular complexity index is 2410. The number of nitrogens with zero attached hydrogens (tertiary/aromatic N) is 1. The number of hydrogen-bond acceptors (Lipinski definition) is 6. The number of allylic oxidation sites excluding steroid dienone is 2. The summed E-state index contributed by atoms with van der Waals surface area (Å²) in [5, 5.41) is 5.70. The SMILES string of the molecule is Cc1cc(/C=C/C(=O)c2cccc(NC(=O)c3cccc(Oc4ccc(C(=O)Nc5cccc(C(=O)/C=C/c6ccccc6)c5)cc4)c3)c2)ccc1N(C)C. The summed E-state index contributed by atoms with van der Waals surface area (Å²) >= 11 is 0. The maximum Gasteiger partial charge on any atom is 0.255 e. The Hall–Kier alpha value is -7.32. The van der Waals surface area contributed by atoms with E-state index in [1.54, 1.807) is 109 Å². The Morgan fingerprint density at radius 2 is 1.07 bits per heavy atom. The number of anilines is 3. The highest BCUT2D eigenvalue weighted by molar-refractivity contribution is 6.10. The number of benzene rings is 6. The highest BCUT2D eigenvalue weighted by atomic mass is 16.5. The van der Waals surface area contributed by atoms with E-state index >= 15 is 0 Å². The van der Waals surface area contributed by atoms with Gasteiger partial charge in [0.2, 0.25) is 0 Å². The van der Waals surface area contributed by atoms with Gasteiger partial charge >= 0.3 is 0 Å². The van der Waals surface area contributed by atoms with E-state index in [0.29, 0.717) is 45.1 Å². The number of ketones is 2. The zero-order valence-corrected chi connectivity index (χ0v) is 30.7. The highest BCUT2D eigenvalue weighted by Crippen LogP contribution is 2.25. The van der Waals surface area contributed by atoms with Gasteiger partial charge in [0, 0.05) is 53.4 Å². The molecule has 0 fully saturated rings. The van der Waals surface area contributed by atoms with Crippen LogP contribution < -0.4 is 20.3 Å². The number of hydrogen-bond donors (Lipinski definition) is 2. The molecule has 0 bridgehead atoms. The maximum absolute atomic E-state index is 13.2. The van der Waals surface area contributed by atoms with Crippen molar-refractivity contribution in [2.24, 2.45) is 0 Å². The van der Waals surface area contributed by atoms with Crippen LogP contribution in [0.5, 0.6) is 11.5 Å². The number of carbonyl (C=O) groups is 4. The first kappa shape index (κ1) is 37.4. The third kappa shape index (κ3) is 10.2. The van der Waals surface area contributed by atoms with E-state index in [1.165, 1.54) is 12.2 Å². The lowest BCUT2D eigenvalue weighted by atomic mass is 10.1.